The number of ether oxygens (including phenoxy) is 1. The van der Waals surface area contributed by atoms with Gasteiger partial charge in [-0.25, -0.2) is 0 Å². The molecule has 0 atom stereocenters. The Hall–Kier alpha value is -4.34. The van der Waals surface area contributed by atoms with Gasteiger partial charge in [-0.15, -0.1) is 0 Å². The van der Waals surface area contributed by atoms with Crippen LogP contribution in [0.25, 0.3) is 17.3 Å². The Morgan fingerprint density at radius 1 is 1.09 bits per heavy atom. The van der Waals surface area contributed by atoms with E-state index in [9.17, 15) is 15.4 Å². The number of nitro groups is 1. The van der Waals surface area contributed by atoms with Gasteiger partial charge in [0.15, 0.2) is 0 Å². The maximum Gasteiger partial charge on any atom is 0.270 e. The highest BCUT2D eigenvalue weighted by Crippen LogP contribution is 2.28. The van der Waals surface area contributed by atoms with Gasteiger partial charge in [0.2, 0.25) is 0 Å². The molecule has 7 heteroatoms. The lowest BCUT2D eigenvalue weighted by Gasteiger charge is -2.12. The van der Waals surface area contributed by atoms with Crippen LogP contribution in [0.15, 0.2) is 78.9 Å². The second-order valence-electron chi connectivity index (χ2n) is 8.01. The Bertz CT molecular complexity index is 1460. The van der Waals surface area contributed by atoms with Crippen LogP contribution in [0.4, 0.5) is 5.69 Å². The molecule has 0 spiro atoms. The van der Waals surface area contributed by atoms with Crippen molar-refractivity contribution in [2.45, 2.75) is 20.5 Å². The van der Waals surface area contributed by atoms with Gasteiger partial charge in [0.05, 0.1) is 16.6 Å². The summed E-state index contributed by atoms with van der Waals surface area (Å²) in [6.45, 7) is 4.35. The van der Waals surface area contributed by atoms with Gasteiger partial charge < -0.3 is 9.30 Å². The number of hydrogen-bond donors (Lipinski definition) is 0. The first kappa shape index (κ1) is 23.8. The summed E-state index contributed by atoms with van der Waals surface area (Å²) in [5.41, 5.74) is 5.50. The summed E-state index contributed by atoms with van der Waals surface area (Å²) in [5.74, 6) is 0.730. The standard InChI is InChI=1S/C28H22ClN3O3/c1-19-14-23(15-24(17-30)21-7-5-8-26(16-21)32(33)34)20(2)31(19)25-10-12-27(13-11-25)35-18-22-6-3-4-9-28(22)29/h3-16H,18H2,1-2H3. The number of benzene rings is 3. The minimum absolute atomic E-state index is 0.0500. The molecule has 4 aromatic rings. The molecule has 0 aliphatic carbocycles. The molecule has 0 saturated heterocycles. The van der Waals surface area contributed by atoms with Crippen LogP contribution in [0.1, 0.15) is 28.1 Å². The Morgan fingerprint density at radius 3 is 2.51 bits per heavy atom. The summed E-state index contributed by atoms with van der Waals surface area (Å²) < 4.78 is 7.97. The second kappa shape index (κ2) is 10.3. The summed E-state index contributed by atoms with van der Waals surface area (Å²) in [6.07, 6.45) is 1.76. The first-order valence-electron chi connectivity index (χ1n) is 10.9. The van der Waals surface area contributed by atoms with Crippen molar-refractivity contribution in [3.63, 3.8) is 0 Å². The maximum absolute atomic E-state index is 11.1. The smallest absolute Gasteiger partial charge is 0.270 e. The van der Waals surface area contributed by atoms with E-state index in [-0.39, 0.29) is 5.69 Å². The molecule has 1 aromatic heterocycles. The van der Waals surface area contributed by atoms with Crippen LogP contribution < -0.4 is 4.74 Å². The topological polar surface area (TPSA) is 81.1 Å². The number of rotatable bonds is 7. The van der Waals surface area contributed by atoms with Crippen molar-refractivity contribution >= 4 is 28.9 Å². The molecule has 0 amide bonds. The molecule has 0 aliphatic heterocycles. The van der Waals surface area contributed by atoms with Gasteiger partial charge >= 0.3 is 0 Å². The van der Waals surface area contributed by atoms with Gasteiger partial charge in [-0.3, -0.25) is 10.1 Å². The van der Waals surface area contributed by atoms with Crippen molar-refractivity contribution in [3.05, 3.63) is 122 Å². The van der Waals surface area contributed by atoms with Crippen molar-refractivity contribution in [3.8, 4) is 17.5 Å². The number of nitro benzene ring substituents is 1. The molecule has 0 saturated carbocycles. The van der Waals surface area contributed by atoms with Crippen LogP contribution >= 0.6 is 11.6 Å². The molecular weight excluding hydrogens is 462 g/mol. The quantitative estimate of drug-likeness (QED) is 0.157. The van der Waals surface area contributed by atoms with Crippen LogP contribution in [0.2, 0.25) is 5.02 Å². The third-order valence-corrected chi connectivity index (χ3v) is 6.07. The van der Waals surface area contributed by atoms with E-state index in [1.807, 2.05) is 68.4 Å². The lowest BCUT2D eigenvalue weighted by Crippen LogP contribution is -2.00. The molecule has 0 aliphatic rings. The van der Waals surface area contributed by atoms with E-state index in [1.54, 1.807) is 18.2 Å². The van der Waals surface area contributed by atoms with E-state index >= 15 is 0 Å². The highest BCUT2D eigenvalue weighted by molar-refractivity contribution is 6.31. The molecule has 6 nitrogen and oxygen atoms in total. The molecule has 0 N–H and O–H groups in total. The predicted molar refractivity (Wildman–Crippen MR) is 138 cm³/mol. The number of aromatic nitrogens is 1. The molecule has 1 heterocycles. The summed E-state index contributed by atoms with van der Waals surface area (Å²) in [7, 11) is 0. The lowest BCUT2D eigenvalue weighted by molar-refractivity contribution is -0.384. The molecule has 0 bridgehead atoms. The Kier molecular flexibility index (Phi) is 7.00. The second-order valence-corrected chi connectivity index (χ2v) is 8.42. The van der Waals surface area contributed by atoms with Crippen molar-refractivity contribution in [2.24, 2.45) is 0 Å². The maximum atomic E-state index is 11.1. The SMILES string of the molecule is Cc1cc(C=C(C#N)c2cccc([N+](=O)[O-])c2)c(C)n1-c1ccc(OCc2ccccc2Cl)cc1. The van der Waals surface area contributed by atoms with Crippen molar-refractivity contribution in [2.75, 3.05) is 0 Å². The van der Waals surface area contributed by atoms with E-state index in [4.69, 9.17) is 16.3 Å². The Balaban J connectivity index is 1.59. The fraction of sp³-hybridized carbons (Fsp3) is 0.107. The monoisotopic (exact) mass is 483 g/mol. The molecule has 0 radical (unpaired) electrons. The Labute approximate surface area is 208 Å². The molecule has 3 aromatic carbocycles. The van der Waals surface area contributed by atoms with Crippen LogP contribution in [-0.4, -0.2) is 9.49 Å². The first-order chi connectivity index (χ1) is 16.9. The summed E-state index contributed by atoms with van der Waals surface area (Å²) >= 11 is 6.20. The van der Waals surface area contributed by atoms with Crippen LogP contribution in [0.3, 0.4) is 0 Å². The van der Waals surface area contributed by atoms with Gasteiger partial charge in [0, 0.05) is 39.8 Å². The van der Waals surface area contributed by atoms with E-state index in [0.29, 0.717) is 22.8 Å². The number of hydrogen-bond acceptors (Lipinski definition) is 4. The van der Waals surface area contributed by atoms with Gasteiger partial charge in [-0.2, -0.15) is 5.26 Å². The fourth-order valence-corrected chi connectivity index (χ4v) is 4.11. The minimum Gasteiger partial charge on any atom is -0.489 e. The molecule has 35 heavy (non-hydrogen) atoms. The largest absolute Gasteiger partial charge is 0.489 e. The fourth-order valence-electron chi connectivity index (χ4n) is 3.92. The molecular formula is C28H22ClN3O3. The number of halogens is 1. The number of allylic oxidation sites excluding steroid dienone is 1. The van der Waals surface area contributed by atoms with Crippen LogP contribution in [0, 0.1) is 35.3 Å². The normalized spacial score (nSPS) is 11.2. The van der Waals surface area contributed by atoms with Crippen molar-refractivity contribution < 1.29 is 9.66 Å². The Morgan fingerprint density at radius 2 is 1.83 bits per heavy atom. The third-order valence-electron chi connectivity index (χ3n) is 5.71. The number of nitriles is 1. The predicted octanol–water partition coefficient (Wildman–Crippen LogP) is 7.30. The van der Waals surface area contributed by atoms with Gasteiger partial charge in [0.25, 0.3) is 5.69 Å². The minimum atomic E-state index is -0.466. The van der Waals surface area contributed by atoms with Gasteiger partial charge in [0.1, 0.15) is 12.4 Å². The average molecular weight is 484 g/mol. The number of nitrogens with zero attached hydrogens (tertiary/aromatic N) is 3. The van der Waals surface area contributed by atoms with Crippen molar-refractivity contribution in [1.29, 1.82) is 5.26 Å². The van der Waals surface area contributed by atoms with Crippen LogP contribution in [-0.2, 0) is 6.61 Å². The lowest BCUT2D eigenvalue weighted by atomic mass is 10.0. The highest BCUT2D eigenvalue weighted by Gasteiger charge is 2.13. The zero-order valence-electron chi connectivity index (χ0n) is 19.2. The highest BCUT2D eigenvalue weighted by atomic mass is 35.5. The molecule has 174 valence electrons. The number of aryl methyl sites for hydroxylation is 1. The van der Waals surface area contributed by atoms with Crippen molar-refractivity contribution in [1.82, 2.24) is 4.57 Å². The number of non-ortho nitro benzene ring substituents is 1. The van der Waals surface area contributed by atoms with E-state index < -0.39 is 4.92 Å². The van der Waals surface area contributed by atoms with E-state index in [0.717, 1.165) is 34.0 Å². The van der Waals surface area contributed by atoms with Gasteiger partial charge in [-0.1, -0.05) is 41.9 Å². The van der Waals surface area contributed by atoms with Crippen LogP contribution in [0.5, 0.6) is 5.75 Å². The zero-order chi connectivity index (χ0) is 24.9. The summed E-state index contributed by atoms with van der Waals surface area (Å²) in [4.78, 5) is 10.7. The third kappa shape index (κ3) is 5.26. The zero-order valence-corrected chi connectivity index (χ0v) is 20.0. The first-order valence-corrected chi connectivity index (χ1v) is 11.3. The van der Waals surface area contributed by atoms with Gasteiger partial charge in [-0.05, 0) is 67.4 Å². The molecule has 4 rings (SSSR count). The summed E-state index contributed by atoms with van der Waals surface area (Å²) in [6, 6.07) is 25.6. The molecule has 0 fully saturated rings. The van der Waals surface area contributed by atoms with E-state index in [1.165, 1.54) is 12.1 Å². The average Bonchev–Trinajstić information content (AvgIpc) is 3.14. The van der Waals surface area contributed by atoms with E-state index in [2.05, 4.69) is 10.6 Å². The molecule has 0 unspecified atom stereocenters. The summed E-state index contributed by atoms with van der Waals surface area (Å²) in [5, 5.41) is 21.5.